The molecule has 0 aliphatic rings. The first-order valence-electron chi connectivity index (χ1n) is 8.27. The average molecular weight is 416 g/mol. The molecule has 0 aromatic heterocycles. The zero-order valence-electron chi connectivity index (χ0n) is 14.6. The van der Waals surface area contributed by atoms with Gasteiger partial charge in [0, 0.05) is 5.56 Å². The summed E-state index contributed by atoms with van der Waals surface area (Å²) < 4.78 is 0. The number of hydrogen-bond acceptors (Lipinski definition) is 6. The number of isothiocyanates is 3. The van der Waals surface area contributed by atoms with Crippen molar-refractivity contribution in [3.63, 3.8) is 0 Å². The third-order valence-electron chi connectivity index (χ3n) is 4.32. The molecule has 0 atom stereocenters. The van der Waals surface area contributed by atoms with Gasteiger partial charge in [-0.3, -0.25) is 0 Å². The Balaban J connectivity index is 2.52. The van der Waals surface area contributed by atoms with E-state index in [1.165, 1.54) is 0 Å². The number of nitrogens with zero attached hydrogens (tertiary/aromatic N) is 3. The van der Waals surface area contributed by atoms with Crippen LogP contribution in [0.4, 0.5) is 11.4 Å². The predicted octanol–water partition coefficient (Wildman–Crippen LogP) is 6.55. The number of benzene rings is 3. The predicted molar refractivity (Wildman–Crippen MR) is 124 cm³/mol. The zero-order chi connectivity index (χ0) is 19.8. The maximum Gasteiger partial charge on any atom is 0.148 e. The Kier molecular flexibility index (Phi) is 6.59. The first-order valence-corrected chi connectivity index (χ1v) is 9.49. The molecule has 0 N–H and O–H groups in total. The summed E-state index contributed by atoms with van der Waals surface area (Å²) in [5.41, 5.74) is 2.61. The highest BCUT2D eigenvalue weighted by atomic mass is 32.1. The topological polar surface area (TPSA) is 37.1 Å². The minimum Gasteiger partial charge on any atom is -0.211 e. The highest BCUT2D eigenvalue weighted by molar-refractivity contribution is 7.78. The van der Waals surface area contributed by atoms with Gasteiger partial charge in [-0.2, -0.15) is 9.98 Å². The van der Waals surface area contributed by atoms with Crippen LogP contribution in [0.25, 0.3) is 0 Å². The lowest BCUT2D eigenvalue weighted by Gasteiger charge is -2.31. The van der Waals surface area contributed by atoms with E-state index >= 15 is 0 Å². The Morgan fingerprint density at radius 3 is 1.68 bits per heavy atom. The molecule has 3 rings (SSSR count). The molecule has 0 saturated heterocycles. The third kappa shape index (κ3) is 3.70. The lowest BCUT2D eigenvalue weighted by atomic mass is 9.76. The van der Waals surface area contributed by atoms with Gasteiger partial charge in [0.25, 0.3) is 0 Å². The van der Waals surface area contributed by atoms with E-state index in [0.717, 1.165) is 16.7 Å². The van der Waals surface area contributed by atoms with E-state index < -0.39 is 5.54 Å². The first-order chi connectivity index (χ1) is 13.8. The van der Waals surface area contributed by atoms with Gasteiger partial charge in [0.15, 0.2) is 0 Å². The second kappa shape index (κ2) is 9.32. The van der Waals surface area contributed by atoms with Gasteiger partial charge >= 0.3 is 0 Å². The van der Waals surface area contributed by atoms with Crippen LogP contribution in [-0.2, 0) is 5.54 Å². The number of aliphatic imine (C=N–C) groups is 3. The summed E-state index contributed by atoms with van der Waals surface area (Å²) in [6.45, 7) is 0. The van der Waals surface area contributed by atoms with Gasteiger partial charge in [-0.25, -0.2) is 4.99 Å². The first kappa shape index (κ1) is 19.8. The Morgan fingerprint density at radius 1 is 0.607 bits per heavy atom. The smallest absolute Gasteiger partial charge is 0.148 e. The van der Waals surface area contributed by atoms with E-state index in [0.29, 0.717) is 11.4 Å². The Labute approximate surface area is 179 Å². The number of rotatable bonds is 6. The highest BCUT2D eigenvalue weighted by Gasteiger charge is 2.38. The van der Waals surface area contributed by atoms with Crippen molar-refractivity contribution in [2.45, 2.75) is 5.54 Å². The van der Waals surface area contributed by atoms with Crippen LogP contribution >= 0.6 is 36.7 Å². The van der Waals surface area contributed by atoms with Crippen LogP contribution in [0.15, 0.2) is 93.8 Å². The quantitative estimate of drug-likeness (QED) is 0.260. The zero-order valence-corrected chi connectivity index (χ0v) is 17.0. The van der Waals surface area contributed by atoms with Crippen molar-refractivity contribution in [3.05, 3.63) is 95.6 Å². The normalized spacial score (nSPS) is 10.1. The largest absolute Gasteiger partial charge is 0.211 e. The molecule has 3 aromatic rings. The summed E-state index contributed by atoms with van der Waals surface area (Å²) in [6, 6.07) is 25.2. The van der Waals surface area contributed by atoms with Crippen molar-refractivity contribution in [2.24, 2.45) is 15.0 Å². The molecule has 0 aliphatic carbocycles. The van der Waals surface area contributed by atoms with Crippen molar-refractivity contribution in [1.29, 1.82) is 0 Å². The summed E-state index contributed by atoms with van der Waals surface area (Å²) >= 11 is 14.7. The number of thiocarbonyl (C=S) groups is 3. The van der Waals surface area contributed by atoms with Gasteiger partial charge in [0.1, 0.15) is 16.9 Å². The molecule has 0 bridgehead atoms. The average Bonchev–Trinajstić information content (AvgIpc) is 2.75. The minimum atomic E-state index is -0.984. The second-order valence-electron chi connectivity index (χ2n) is 5.73. The lowest BCUT2D eigenvalue weighted by Crippen LogP contribution is -2.27. The molecule has 6 heteroatoms. The summed E-state index contributed by atoms with van der Waals surface area (Å²) in [5, 5.41) is 7.41. The van der Waals surface area contributed by atoms with E-state index in [-0.39, 0.29) is 0 Å². The van der Waals surface area contributed by atoms with Crippen molar-refractivity contribution in [1.82, 2.24) is 0 Å². The monoisotopic (exact) mass is 415 g/mol. The Bertz CT molecular complexity index is 1080. The molecule has 0 saturated carbocycles. The van der Waals surface area contributed by atoms with E-state index in [1.807, 2.05) is 72.8 Å². The van der Waals surface area contributed by atoms with E-state index in [1.54, 1.807) is 6.07 Å². The molecule has 0 heterocycles. The summed E-state index contributed by atoms with van der Waals surface area (Å²) in [4.78, 5) is 13.1. The lowest BCUT2D eigenvalue weighted by molar-refractivity contribution is 0.663. The molecule has 0 amide bonds. The standard InChI is InChI=1S/C22H13N3S3/c26-14-23-20-13-7-12-19(21(20)24-15-27)22(25-16-28,17-8-3-1-4-9-17)18-10-5-2-6-11-18/h1-13H. The molecule has 0 unspecified atom stereocenters. The fraction of sp³-hybridized carbons (Fsp3) is 0.0455. The van der Waals surface area contributed by atoms with Gasteiger partial charge in [-0.15, -0.1) is 0 Å². The number of para-hydroxylation sites is 1. The molecule has 0 spiro atoms. The molecule has 0 aliphatic heterocycles. The summed E-state index contributed by atoms with van der Waals surface area (Å²) in [7, 11) is 0. The van der Waals surface area contributed by atoms with Gasteiger partial charge in [0.05, 0.1) is 15.5 Å². The van der Waals surface area contributed by atoms with Gasteiger partial charge < -0.3 is 0 Å². The third-order valence-corrected chi connectivity index (χ3v) is 4.60. The van der Waals surface area contributed by atoms with Gasteiger partial charge in [-0.1, -0.05) is 72.8 Å². The van der Waals surface area contributed by atoms with Crippen molar-refractivity contribution >= 4 is 63.5 Å². The van der Waals surface area contributed by atoms with E-state index in [4.69, 9.17) is 36.7 Å². The van der Waals surface area contributed by atoms with Crippen LogP contribution in [0.2, 0.25) is 0 Å². The van der Waals surface area contributed by atoms with Crippen LogP contribution in [0.5, 0.6) is 0 Å². The molecular formula is C22H13N3S3. The second-order valence-corrected chi connectivity index (χ2v) is 6.27. The minimum absolute atomic E-state index is 0.511. The van der Waals surface area contributed by atoms with Gasteiger partial charge in [-0.05, 0) is 53.8 Å². The maximum absolute atomic E-state index is 5.06. The van der Waals surface area contributed by atoms with Crippen LogP contribution in [0.3, 0.4) is 0 Å². The highest BCUT2D eigenvalue weighted by Crippen LogP contribution is 2.47. The van der Waals surface area contributed by atoms with E-state index in [9.17, 15) is 0 Å². The maximum atomic E-state index is 5.06. The molecule has 3 nitrogen and oxygen atoms in total. The van der Waals surface area contributed by atoms with Crippen molar-refractivity contribution in [2.75, 3.05) is 0 Å². The van der Waals surface area contributed by atoms with Crippen LogP contribution in [0.1, 0.15) is 16.7 Å². The molecule has 0 radical (unpaired) electrons. The molecular weight excluding hydrogens is 402 g/mol. The fourth-order valence-corrected chi connectivity index (χ4v) is 3.55. The van der Waals surface area contributed by atoms with Gasteiger partial charge in [0.2, 0.25) is 0 Å². The summed E-state index contributed by atoms with van der Waals surface area (Å²) in [5.74, 6) is 0. The SMILES string of the molecule is S=C=Nc1cccc(C(N=C=S)(c2ccccc2)c2ccccc2)c1N=C=S. The molecule has 3 aromatic carbocycles. The number of hydrogen-bond donors (Lipinski definition) is 0. The summed E-state index contributed by atoms with van der Waals surface area (Å²) in [6.07, 6.45) is 0. The Hall–Kier alpha value is -2.94. The van der Waals surface area contributed by atoms with E-state index in [2.05, 4.69) is 30.5 Å². The van der Waals surface area contributed by atoms with Crippen molar-refractivity contribution < 1.29 is 0 Å². The Morgan fingerprint density at radius 2 is 1.18 bits per heavy atom. The molecule has 134 valence electrons. The van der Waals surface area contributed by atoms with Crippen LogP contribution in [0, 0.1) is 0 Å². The van der Waals surface area contributed by atoms with Crippen LogP contribution in [-0.4, -0.2) is 15.5 Å². The van der Waals surface area contributed by atoms with Crippen LogP contribution < -0.4 is 0 Å². The fourth-order valence-electron chi connectivity index (χ4n) is 3.22. The van der Waals surface area contributed by atoms with Crippen molar-refractivity contribution in [3.8, 4) is 0 Å². The molecule has 28 heavy (non-hydrogen) atoms. The molecule has 0 fully saturated rings.